The quantitative estimate of drug-likeness (QED) is 0.706. The van der Waals surface area contributed by atoms with E-state index in [1.54, 1.807) is 19.4 Å². The summed E-state index contributed by atoms with van der Waals surface area (Å²) in [7, 11) is 3.09. The molecule has 0 fully saturated rings. The number of hydrogen-bond donors (Lipinski definition) is 0. The lowest BCUT2D eigenvalue weighted by molar-refractivity contribution is -0.170. The molecule has 0 N–H and O–H groups in total. The SMILES string of the molecule is CCC(C(=O)N(C)OC)c1cccnc1. The number of hydrogen-bond acceptors (Lipinski definition) is 3. The van der Waals surface area contributed by atoms with Gasteiger partial charge in [-0.05, 0) is 18.1 Å². The van der Waals surface area contributed by atoms with Gasteiger partial charge < -0.3 is 0 Å². The van der Waals surface area contributed by atoms with E-state index in [9.17, 15) is 4.79 Å². The lowest BCUT2D eigenvalue weighted by Gasteiger charge is -2.20. The van der Waals surface area contributed by atoms with Crippen LogP contribution in [-0.2, 0) is 9.63 Å². The van der Waals surface area contributed by atoms with Crippen LogP contribution in [-0.4, -0.2) is 30.1 Å². The van der Waals surface area contributed by atoms with Crippen molar-refractivity contribution in [3.8, 4) is 0 Å². The molecular weight excluding hydrogens is 192 g/mol. The Bertz CT molecular complexity index is 314. The Morgan fingerprint density at radius 3 is 2.87 bits per heavy atom. The first-order valence-electron chi connectivity index (χ1n) is 4.92. The minimum absolute atomic E-state index is 0.0481. The summed E-state index contributed by atoms with van der Waals surface area (Å²) in [6, 6.07) is 3.74. The predicted octanol–water partition coefficient (Wildman–Crippen LogP) is 1.59. The van der Waals surface area contributed by atoms with E-state index >= 15 is 0 Å². The Labute approximate surface area is 89.8 Å². The topological polar surface area (TPSA) is 42.4 Å². The molecule has 0 saturated carbocycles. The highest BCUT2D eigenvalue weighted by molar-refractivity contribution is 5.82. The van der Waals surface area contributed by atoms with E-state index in [4.69, 9.17) is 4.84 Å². The van der Waals surface area contributed by atoms with Gasteiger partial charge in [0.1, 0.15) is 0 Å². The van der Waals surface area contributed by atoms with Gasteiger partial charge in [-0.3, -0.25) is 14.6 Å². The van der Waals surface area contributed by atoms with Crippen molar-refractivity contribution in [2.75, 3.05) is 14.2 Å². The number of amides is 1. The van der Waals surface area contributed by atoms with Crippen molar-refractivity contribution >= 4 is 5.91 Å². The lowest BCUT2D eigenvalue weighted by Crippen LogP contribution is -2.30. The molecule has 0 bridgehead atoms. The summed E-state index contributed by atoms with van der Waals surface area (Å²) in [6.07, 6.45) is 4.15. The maximum Gasteiger partial charge on any atom is 0.253 e. The molecule has 0 aliphatic carbocycles. The van der Waals surface area contributed by atoms with Gasteiger partial charge in [-0.15, -0.1) is 0 Å². The third-order valence-corrected chi connectivity index (χ3v) is 2.38. The van der Waals surface area contributed by atoms with Gasteiger partial charge in [-0.25, -0.2) is 5.06 Å². The third kappa shape index (κ3) is 2.76. The molecule has 1 rings (SSSR count). The van der Waals surface area contributed by atoms with Crippen molar-refractivity contribution in [2.24, 2.45) is 0 Å². The van der Waals surface area contributed by atoms with Crippen LogP contribution in [0.2, 0.25) is 0 Å². The minimum Gasteiger partial charge on any atom is -0.275 e. The van der Waals surface area contributed by atoms with E-state index in [-0.39, 0.29) is 11.8 Å². The Morgan fingerprint density at radius 2 is 2.40 bits per heavy atom. The highest BCUT2D eigenvalue weighted by Gasteiger charge is 2.22. The van der Waals surface area contributed by atoms with Crippen molar-refractivity contribution in [2.45, 2.75) is 19.3 Å². The van der Waals surface area contributed by atoms with Gasteiger partial charge in [0.25, 0.3) is 5.91 Å². The first-order valence-corrected chi connectivity index (χ1v) is 4.92. The number of rotatable bonds is 4. The molecule has 1 atom stereocenters. The number of carbonyl (C=O) groups excluding carboxylic acids is 1. The van der Waals surface area contributed by atoms with Crippen molar-refractivity contribution in [3.63, 3.8) is 0 Å². The van der Waals surface area contributed by atoms with Gasteiger partial charge in [0.15, 0.2) is 0 Å². The summed E-state index contributed by atoms with van der Waals surface area (Å²) < 4.78 is 0. The molecule has 0 spiro atoms. The van der Waals surface area contributed by atoms with E-state index in [1.165, 1.54) is 12.2 Å². The van der Waals surface area contributed by atoms with Crippen LogP contribution in [0, 0.1) is 0 Å². The Kier molecular flexibility index (Phi) is 4.24. The smallest absolute Gasteiger partial charge is 0.253 e. The van der Waals surface area contributed by atoms with Crippen LogP contribution in [0.15, 0.2) is 24.5 Å². The highest BCUT2D eigenvalue weighted by atomic mass is 16.7. The Balaban J connectivity index is 2.85. The van der Waals surface area contributed by atoms with E-state index < -0.39 is 0 Å². The molecule has 4 heteroatoms. The van der Waals surface area contributed by atoms with Gasteiger partial charge in [0.2, 0.25) is 0 Å². The van der Waals surface area contributed by atoms with Gasteiger partial charge >= 0.3 is 0 Å². The second-order valence-electron chi connectivity index (χ2n) is 3.27. The monoisotopic (exact) mass is 208 g/mol. The van der Waals surface area contributed by atoms with Crippen molar-refractivity contribution in [3.05, 3.63) is 30.1 Å². The molecule has 1 heterocycles. The van der Waals surface area contributed by atoms with E-state index in [0.29, 0.717) is 0 Å². The Morgan fingerprint density at radius 1 is 1.67 bits per heavy atom. The van der Waals surface area contributed by atoms with E-state index in [2.05, 4.69) is 4.98 Å². The molecule has 4 nitrogen and oxygen atoms in total. The summed E-state index contributed by atoms with van der Waals surface area (Å²) in [5, 5.41) is 1.25. The molecule has 1 aromatic rings. The van der Waals surface area contributed by atoms with Gasteiger partial charge in [-0.2, -0.15) is 0 Å². The van der Waals surface area contributed by atoms with Gasteiger partial charge in [0.05, 0.1) is 13.0 Å². The zero-order chi connectivity index (χ0) is 11.3. The highest BCUT2D eigenvalue weighted by Crippen LogP contribution is 2.20. The number of carbonyl (C=O) groups is 1. The zero-order valence-electron chi connectivity index (χ0n) is 9.30. The summed E-state index contributed by atoms with van der Waals surface area (Å²) in [5.74, 6) is -0.225. The molecule has 0 radical (unpaired) electrons. The normalized spacial score (nSPS) is 12.2. The number of hydroxylamine groups is 2. The molecule has 1 aromatic heterocycles. The van der Waals surface area contributed by atoms with Gasteiger partial charge in [0, 0.05) is 19.4 Å². The Hall–Kier alpha value is -1.42. The molecule has 1 unspecified atom stereocenters. The van der Waals surface area contributed by atoms with E-state index in [1.807, 2.05) is 19.1 Å². The van der Waals surface area contributed by atoms with E-state index in [0.717, 1.165) is 12.0 Å². The summed E-state index contributed by atoms with van der Waals surface area (Å²) in [4.78, 5) is 20.8. The minimum atomic E-state index is -0.177. The average Bonchev–Trinajstić information content (AvgIpc) is 2.30. The predicted molar refractivity (Wildman–Crippen MR) is 57.0 cm³/mol. The summed E-state index contributed by atoms with van der Waals surface area (Å²) in [6.45, 7) is 1.97. The molecule has 0 saturated heterocycles. The van der Waals surface area contributed by atoms with Crippen molar-refractivity contribution in [1.29, 1.82) is 0 Å². The number of pyridine rings is 1. The average molecular weight is 208 g/mol. The summed E-state index contributed by atoms with van der Waals surface area (Å²) >= 11 is 0. The van der Waals surface area contributed by atoms with Crippen LogP contribution in [0.3, 0.4) is 0 Å². The second-order valence-corrected chi connectivity index (χ2v) is 3.27. The first kappa shape index (κ1) is 11.7. The number of aromatic nitrogens is 1. The first-order chi connectivity index (χ1) is 7.20. The van der Waals surface area contributed by atoms with Crippen LogP contribution in [0.25, 0.3) is 0 Å². The van der Waals surface area contributed by atoms with Crippen LogP contribution in [0.5, 0.6) is 0 Å². The lowest BCUT2D eigenvalue weighted by atomic mass is 9.97. The second kappa shape index (κ2) is 5.46. The molecule has 0 aliphatic heterocycles. The van der Waals surface area contributed by atoms with Crippen molar-refractivity contribution in [1.82, 2.24) is 10.0 Å². The molecule has 0 aliphatic rings. The zero-order valence-corrected chi connectivity index (χ0v) is 9.30. The fourth-order valence-electron chi connectivity index (χ4n) is 1.44. The molecule has 0 aromatic carbocycles. The van der Waals surface area contributed by atoms with Gasteiger partial charge in [-0.1, -0.05) is 13.0 Å². The van der Waals surface area contributed by atoms with Crippen molar-refractivity contribution < 1.29 is 9.63 Å². The third-order valence-electron chi connectivity index (χ3n) is 2.38. The molecule has 1 amide bonds. The standard InChI is InChI=1S/C11H16N2O2/c1-4-10(11(14)13(2)15-3)9-6-5-7-12-8-9/h5-8,10H,4H2,1-3H3. The molecule has 82 valence electrons. The van der Waals surface area contributed by atoms with Crippen LogP contribution >= 0.6 is 0 Å². The maximum atomic E-state index is 11.9. The fraction of sp³-hybridized carbons (Fsp3) is 0.455. The summed E-state index contributed by atoms with van der Waals surface area (Å²) in [5.41, 5.74) is 0.925. The largest absolute Gasteiger partial charge is 0.275 e. The maximum absolute atomic E-state index is 11.9. The molecule has 15 heavy (non-hydrogen) atoms. The van der Waals surface area contributed by atoms with Crippen LogP contribution in [0.1, 0.15) is 24.8 Å². The fourth-order valence-corrected chi connectivity index (χ4v) is 1.44. The number of nitrogens with zero attached hydrogens (tertiary/aromatic N) is 2. The molecular formula is C11H16N2O2. The van der Waals surface area contributed by atoms with Crippen LogP contribution in [0.4, 0.5) is 0 Å². The number of likely N-dealkylation sites (N-methyl/N-ethyl adjacent to an activating group) is 1. The van der Waals surface area contributed by atoms with Crippen LogP contribution < -0.4 is 0 Å².